The molecule has 2 N–H and O–H groups in total. The first-order chi connectivity index (χ1) is 8.21. The molecule has 6 nitrogen and oxygen atoms in total. The van der Waals surface area contributed by atoms with Gasteiger partial charge in [0.1, 0.15) is 11.3 Å². The van der Waals surface area contributed by atoms with Gasteiger partial charge in [0.15, 0.2) is 0 Å². The Bertz CT molecular complexity index is 579. The maximum atomic E-state index is 12.1. The van der Waals surface area contributed by atoms with Crippen molar-refractivity contribution in [2.45, 2.75) is 18.7 Å². The van der Waals surface area contributed by atoms with E-state index in [1.165, 1.54) is 14.0 Å². The Morgan fingerprint density at radius 1 is 1.39 bits per heavy atom. The first-order valence-electron chi connectivity index (χ1n) is 5.25. The van der Waals surface area contributed by atoms with Crippen molar-refractivity contribution in [3.63, 3.8) is 0 Å². The summed E-state index contributed by atoms with van der Waals surface area (Å²) in [7, 11) is -2.33. The predicted octanol–water partition coefficient (Wildman–Crippen LogP) is 1.04. The number of hydrogen-bond donors (Lipinski definition) is 2. The Hall–Kier alpha value is -1.60. The Balaban J connectivity index is 3.52. The molecule has 1 aromatic carbocycles. The summed E-state index contributed by atoms with van der Waals surface area (Å²) >= 11 is 0. The quantitative estimate of drug-likeness (QED) is 0.854. The van der Waals surface area contributed by atoms with Crippen molar-refractivity contribution >= 4 is 16.0 Å². The molecule has 0 heterocycles. The molecule has 0 saturated carbocycles. The molecule has 1 aromatic rings. The van der Waals surface area contributed by atoms with Crippen LogP contribution in [0.1, 0.15) is 22.8 Å². The van der Waals surface area contributed by atoms with Gasteiger partial charge < -0.3 is 10.2 Å². The molecule has 7 heteroatoms. The van der Waals surface area contributed by atoms with E-state index < -0.39 is 27.3 Å². The van der Waals surface area contributed by atoms with Gasteiger partial charge in [0.05, 0.1) is 4.90 Å². The number of carboxylic acid groups (broad SMARTS) is 1. The first kappa shape index (κ1) is 14.5. The number of carbonyl (C=O) groups is 1. The van der Waals surface area contributed by atoms with Crippen molar-refractivity contribution in [3.8, 4) is 5.75 Å². The average molecular weight is 273 g/mol. The van der Waals surface area contributed by atoms with Gasteiger partial charge in [-0.3, -0.25) is 0 Å². The molecule has 1 rings (SSSR count). The van der Waals surface area contributed by atoms with Crippen molar-refractivity contribution in [1.29, 1.82) is 0 Å². The van der Waals surface area contributed by atoms with Crippen LogP contribution in [-0.4, -0.2) is 42.5 Å². The predicted molar refractivity (Wildman–Crippen MR) is 65.3 cm³/mol. The Morgan fingerprint density at radius 2 is 1.94 bits per heavy atom. The second-order valence-corrected chi connectivity index (χ2v) is 5.87. The van der Waals surface area contributed by atoms with Crippen LogP contribution in [0.3, 0.4) is 0 Å². The number of phenols is 1. The van der Waals surface area contributed by atoms with Crippen molar-refractivity contribution in [3.05, 3.63) is 23.3 Å². The molecule has 0 atom stereocenters. The van der Waals surface area contributed by atoms with Gasteiger partial charge >= 0.3 is 5.97 Å². The lowest BCUT2D eigenvalue weighted by Gasteiger charge is -2.17. The highest BCUT2D eigenvalue weighted by molar-refractivity contribution is 7.89. The summed E-state index contributed by atoms with van der Waals surface area (Å²) < 4.78 is 25.4. The lowest BCUT2D eigenvalue weighted by molar-refractivity contribution is 0.0693. The molecule has 18 heavy (non-hydrogen) atoms. The van der Waals surface area contributed by atoms with Crippen LogP contribution in [0.15, 0.2) is 17.0 Å². The van der Waals surface area contributed by atoms with Crippen LogP contribution in [0.5, 0.6) is 5.75 Å². The Kier molecular flexibility index (Phi) is 3.98. The maximum absolute atomic E-state index is 12.1. The summed E-state index contributed by atoms with van der Waals surface area (Å²) in [6.45, 7) is 3.44. The zero-order valence-corrected chi connectivity index (χ0v) is 11.2. The van der Waals surface area contributed by atoms with Crippen LogP contribution in [-0.2, 0) is 10.0 Å². The standard InChI is InChI=1S/C11H15NO5S/c1-4-12(3)18(16,17)10-6-8(11(14)15)9(13)5-7(10)2/h5-6,13H,4H2,1-3H3,(H,14,15). The van der Waals surface area contributed by atoms with Crippen LogP contribution in [0.25, 0.3) is 0 Å². The fraction of sp³-hybridized carbons (Fsp3) is 0.364. The molecule has 0 aliphatic carbocycles. The van der Waals surface area contributed by atoms with E-state index in [1.807, 2.05) is 0 Å². The third kappa shape index (κ3) is 2.46. The molecular weight excluding hydrogens is 258 g/mol. The maximum Gasteiger partial charge on any atom is 0.339 e. The lowest BCUT2D eigenvalue weighted by atomic mass is 10.1. The first-order valence-corrected chi connectivity index (χ1v) is 6.69. The number of aryl methyl sites for hydroxylation is 1. The van der Waals surface area contributed by atoms with Crippen LogP contribution in [0.4, 0.5) is 0 Å². The van der Waals surface area contributed by atoms with Gasteiger partial charge in [-0.2, -0.15) is 0 Å². The number of rotatable bonds is 4. The van der Waals surface area contributed by atoms with Gasteiger partial charge in [0.25, 0.3) is 0 Å². The summed E-state index contributed by atoms with van der Waals surface area (Å²) in [6.07, 6.45) is 0. The molecule has 0 aromatic heterocycles. The highest BCUT2D eigenvalue weighted by Crippen LogP contribution is 2.27. The molecule has 0 amide bonds. The largest absolute Gasteiger partial charge is 0.507 e. The normalized spacial score (nSPS) is 11.8. The summed E-state index contributed by atoms with van der Waals surface area (Å²) in [4.78, 5) is 10.8. The van der Waals surface area contributed by atoms with Gasteiger partial charge in [0.2, 0.25) is 10.0 Å². The SMILES string of the molecule is CCN(C)S(=O)(=O)c1cc(C(=O)O)c(O)cc1C. The van der Waals surface area contributed by atoms with Gasteiger partial charge in [-0.05, 0) is 24.6 Å². The Labute approximate surface area is 106 Å². The molecule has 0 aliphatic heterocycles. The Morgan fingerprint density at radius 3 is 2.39 bits per heavy atom. The monoisotopic (exact) mass is 273 g/mol. The molecule has 0 saturated heterocycles. The van der Waals surface area contributed by atoms with Crippen LogP contribution in [0, 0.1) is 6.92 Å². The molecule has 100 valence electrons. The summed E-state index contributed by atoms with van der Waals surface area (Å²) in [5.74, 6) is -1.82. The lowest BCUT2D eigenvalue weighted by Crippen LogP contribution is -2.27. The van der Waals surface area contributed by atoms with Crippen LogP contribution in [0.2, 0.25) is 0 Å². The molecule has 0 spiro atoms. The van der Waals surface area contributed by atoms with E-state index >= 15 is 0 Å². The fourth-order valence-corrected chi connectivity index (χ4v) is 2.87. The van der Waals surface area contributed by atoms with Crippen molar-refractivity contribution < 1.29 is 23.4 Å². The van der Waals surface area contributed by atoms with Crippen LogP contribution < -0.4 is 0 Å². The van der Waals surface area contributed by atoms with E-state index in [0.717, 1.165) is 16.4 Å². The smallest absolute Gasteiger partial charge is 0.339 e. The average Bonchev–Trinajstić information content (AvgIpc) is 2.26. The second-order valence-electron chi connectivity index (χ2n) is 3.86. The zero-order chi connectivity index (χ0) is 14.1. The number of aromatic hydroxyl groups is 1. The number of nitrogens with zero attached hydrogens (tertiary/aromatic N) is 1. The molecule has 0 bridgehead atoms. The van der Waals surface area contributed by atoms with Crippen molar-refractivity contribution in [2.75, 3.05) is 13.6 Å². The van der Waals surface area contributed by atoms with E-state index in [9.17, 15) is 18.3 Å². The van der Waals surface area contributed by atoms with E-state index in [0.29, 0.717) is 5.56 Å². The number of carboxylic acids is 1. The fourth-order valence-electron chi connectivity index (χ4n) is 1.46. The molecule has 0 unspecified atom stereocenters. The summed E-state index contributed by atoms with van der Waals surface area (Å²) in [6, 6.07) is 2.12. The third-order valence-electron chi connectivity index (χ3n) is 2.66. The highest BCUT2D eigenvalue weighted by Gasteiger charge is 2.24. The van der Waals surface area contributed by atoms with E-state index in [2.05, 4.69) is 0 Å². The minimum absolute atomic E-state index is 0.109. The van der Waals surface area contributed by atoms with Gasteiger partial charge in [-0.25, -0.2) is 17.5 Å². The molecule has 0 fully saturated rings. The third-order valence-corrected chi connectivity index (χ3v) is 4.73. The van der Waals surface area contributed by atoms with Gasteiger partial charge in [-0.1, -0.05) is 6.92 Å². The number of hydrogen-bond acceptors (Lipinski definition) is 4. The number of benzene rings is 1. The van der Waals surface area contributed by atoms with E-state index in [4.69, 9.17) is 5.11 Å². The summed E-state index contributed by atoms with van der Waals surface area (Å²) in [5.41, 5.74) is -0.124. The van der Waals surface area contributed by atoms with Gasteiger partial charge in [0, 0.05) is 13.6 Å². The van der Waals surface area contributed by atoms with E-state index in [-0.39, 0.29) is 11.4 Å². The second kappa shape index (κ2) is 4.95. The number of aromatic carboxylic acids is 1. The van der Waals surface area contributed by atoms with Crippen molar-refractivity contribution in [2.24, 2.45) is 0 Å². The minimum Gasteiger partial charge on any atom is -0.507 e. The summed E-state index contributed by atoms with van der Waals surface area (Å²) in [5, 5.41) is 18.3. The van der Waals surface area contributed by atoms with Crippen molar-refractivity contribution in [1.82, 2.24) is 4.31 Å². The zero-order valence-electron chi connectivity index (χ0n) is 10.3. The minimum atomic E-state index is -3.73. The molecule has 0 aliphatic rings. The topological polar surface area (TPSA) is 94.9 Å². The van der Waals surface area contributed by atoms with Gasteiger partial charge in [-0.15, -0.1) is 0 Å². The van der Waals surface area contributed by atoms with Crippen LogP contribution >= 0.6 is 0 Å². The molecular formula is C11H15NO5S. The highest BCUT2D eigenvalue weighted by atomic mass is 32.2. The van der Waals surface area contributed by atoms with E-state index in [1.54, 1.807) is 6.92 Å². The number of sulfonamides is 1. The molecule has 0 radical (unpaired) electrons.